The molecule has 0 aliphatic heterocycles. The van der Waals surface area contributed by atoms with Crippen LogP contribution in [-0.4, -0.2) is 21.3 Å². The smallest absolute Gasteiger partial charge is 0.128 e. The van der Waals surface area contributed by atoms with Crippen LogP contribution in [-0.2, 0) is 19.4 Å². The number of nitrogens with zero attached hydrogens (tertiary/aromatic N) is 2. The van der Waals surface area contributed by atoms with Crippen molar-refractivity contribution in [2.45, 2.75) is 65.3 Å². The van der Waals surface area contributed by atoms with Crippen LogP contribution in [0, 0.1) is 5.82 Å². The second-order valence-corrected chi connectivity index (χ2v) is 10.4. The third-order valence-electron chi connectivity index (χ3n) is 5.35. The Kier molecular flexibility index (Phi) is 9.26. The molecular formula is C28H38FN3S. The number of aromatic nitrogens is 2. The van der Waals surface area contributed by atoms with E-state index >= 15 is 4.39 Å². The van der Waals surface area contributed by atoms with Crippen molar-refractivity contribution < 1.29 is 4.39 Å². The Morgan fingerprint density at radius 3 is 2.33 bits per heavy atom. The molecule has 0 saturated carbocycles. The Balaban J connectivity index is 0.00000187. The van der Waals surface area contributed by atoms with Crippen molar-refractivity contribution in [1.29, 1.82) is 0 Å². The summed E-state index contributed by atoms with van der Waals surface area (Å²) < 4.78 is 17.4. The fraction of sp³-hybridized carbons (Fsp3) is 0.321. The van der Waals surface area contributed by atoms with E-state index in [9.17, 15) is 0 Å². The molecular weight excluding hydrogens is 429 g/mol. The highest BCUT2D eigenvalue weighted by atomic mass is 32.2. The van der Waals surface area contributed by atoms with Crippen molar-refractivity contribution >= 4 is 26.7 Å². The van der Waals surface area contributed by atoms with Crippen LogP contribution in [0.15, 0.2) is 53.9 Å². The minimum atomic E-state index is -1.92. The van der Waals surface area contributed by atoms with Crippen LogP contribution in [0.5, 0.6) is 0 Å². The number of imidazole rings is 1. The van der Waals surface area contributed by atoms with E-state index in [2.05, 4.69) is 36.7 Å². The summed E-state index contributed by atoms with van der Waals surface area (Å²) in [5, 5.41) is 6.22. The van der Waals surface area contributed by atoms with Gasteiger partial charge in [-0.3, -0.25) is 5.14 Å². The van der Waals surface area contributed by atoms with Crippen molar-refractivity contribution in [2.24, 2.45) is 5.14 Å². The summed E-state index contributed by atoms with van der Waals surface area (Å²) in [6, 6.07) is 13.1. The first-order valence-corrected chi connectivity index (χ1v) is 13.6. The molecule has 0 bridgehead atoms. The SMILES string of the molecule is C=C(C)c1c(CC)nc(CCC)n1Cc1ccc(-c2ccccc2S(=C)(=C)N)cc1F.CC. The highest BCUT2D eigenvalue weighted by Gasteiger charge is 2.18. The Labute approximate surface area is 199 Å². The Hall–Kier alpha value is -2.63. The summed E-state index contributed by atoms with van der Waals surface area (Å²) in [5.74, 6) is 8.78. The molecule has 2 N–H and O–H groups in total. The lowest BCUT2D eigenvalue weighted by Gasteiger charge is -2.16. The van der Waals surface area contributed by atoms with Gasteiger partial charge in [-0.05, 0) is 48.6 Å². The first-order chi connectivity index (χ1) is 15.7. The van der Waals surface area contributed by atoms with Gasteiger partial charge < -0.3 is 4.57 Å². The number of benzene rings is 2. The van der Waals surface area contributed by atoms with E-state index in [1.807, 2.05) is 57.2 Å². The van der Waals surface area contributed by atoms with E-state index in [0.717, 1.165) is 58.1 Å². The third-order valence-corrected chi connectivity index (χ3v) is 6.58. The van der Waals surface area contributed by atoms with Crippen LogP contribution in [0.2, 0.25) is 0 Å². The standard InChI is InChI=1S/C26H32FN3S.C2H6/c1-7-11-25-29-23(8-2)26(18(3)4)30(25)17-20-15-14-19(16-22(20)27)21-12-9-10-13-24(21)31(5,6)28;1-2/h9-10,12-16H,3,5-8,11,17,28H2,1-2,4H3;1-2H3. The van der Waals surface area contributed by atoms with Gasteiger partial charge in [0.05, 0.1) is 17.9 Å². The van der Waals surface area contributed by atoms with Gasteiger partial charge in [-0.2, -0.15) is 0 Å². The van der Waals surface area contributed by atoms with Gasteiger partial charge in [-0.15, -0.1) is 9.39 Å². The van der Waals surface area contributed by atoms with Gasteiger partial charge in [0.25, 0.3) is 0 Å². The number of nitrogens with two attached hydrogens (primary N) is 1. The van der Waals surface area contributed by atoms with Gasteiger partial charge in [0.15, 0.2) is 0 Å². The summed E-state index contributed by atoms with van der Waals surface area (Å²) in [7, 11) is -1.92. The lowest BCUT2D eigenvalue weighted by Crippen LogP contribution is -2.10. The van der Waals surface area contributed by atoms with Gasteiger partial charge >= 0.3 is 0 Å². The number of hydrogen-bond donors (Lipinski definition) is 1. The minimum Gasteiger partial charge on any atom is -0.323 e. The molecule has 33 heavy (non-hydrogen) atoms. The molecule has 3 nitrogen and oxygen atoms in total. The van der Waals surface area contributed by atoms with Crippen molar-refractivity contribution in [1.82, 2.24) is 9.55 Å². The molecule has 0 amide bonds. The molecule has 3 rings (SSSR count). The quantitative estimate of drug-likeness (QED) is 0.356. The molecule has 0 saturated heterocycles. The van der Waals surface area contributed by atoms with Crippen LogP contribution in [0.25, 0.3) is 16.7 Å². The van der Waals surface area contributed by atoms with E-state index in [-0.39, 0.29) is 5.82 Å². The van der Waals surface area contributed by atoms with E-state index in [4.69, 9.17) is 10.1 Å². The zero-order valence-corrected chi connectivity index (χ0v) is 21.6. The van der Waals surface area contributed by atoms with Gasteiger partial charge in [0.1, 0.15) is 11.6 Å². The second-order valence-electron chi connectivity index (χ2n) is 8.04. The minimum absolute atomic E-state index is 0.250. The number of hydrogen-bond acceptors (Lipinski definition) is 2. The van der Waals surface area contributed by atoms with Gasteiger partial charge in [-0.1, -0.05) is 76.3 Å². The van der Waals surface area contributed by atoms with Crippen LogP contribution in [0.4, 0.5) is 4.39 Å². The molecule has 2 aromatic carbocycles. The average molecular weight is 468 g/mol. The molecule has 178 valence electrons. The molecule has 3 aromatic rings. The summed E-state index contributed by atoms with van der Waals surface area (Å²) in [6.45, 7) is 14.8. The lowest BCUT2D eigenvalue weighted by molar-refractivity contribution is 0.592. The van der Waals surface area contributed by atoms with E-state index in [1.54, 1.807) is 6.07 Å². The summed E-state index contributed by atoms with van der Waals surface area (Å²) in [5.41, 5.74) is 5.27. The van der Waals surface area contributed by atoms with E-state index in [0.29, 0.717) is 12.1 Å². The summed E-state index contributed by atoms with van der Waals surface area (Å²) >= 11 is 0. The average Bonchev–Trinajstić information content (AvgIpc) is 3.13. The Morgan fingerprint density at radius 1 is 1.12 bits per heavy atom. The highest BCUT2D eigenvalue weighted by Crippen LogP contribution is 2.35. The molecule has 1 heterocycles. The zero-order chi connectivity index (χ0) is 24.8. The number of rotatable bonds is 8. The fourth-order valence-corrected chi connectivity index (χ4v) is 4.91. The normalized spacial score (nSPS) is 11.1. The molecule has 0 aliphatic rings. The molecule has 1 aromatic heterocycles. The topological polar surface area (TPSA) is 43.8 Å². The first-order valence-electron chi connectivity index (χ1n) is 11.6. The van der Waals surface area contributed by atoms with Gasteiger partial charge in [0, 0.05) is 16.9 Å². The molecule has 0 atom stereocenters. The van der Waals surface area contributed by atoms with Crippen molar-refractivity contribution in [3.05, 3.63) is 77.6 Å². The van der Waals surface area contributed by atoms with Crippen LogP contribution in [0.3, 0.4) is 0 Å². The zero-order valence-electron chi connectivity index (χ0n) is 20.7. The maximum atomic E-state index is 15.3. The molecule has 0 aliphatic carbocycles. The van der Waals surface area contributed by atoms with Gasteiger partial charge in [0.2, 0.25) is 0 Å². The van der Waals surface area contributed by atoms with Crippen molar-refractivity contribution in [2.75, 3.05) is 0 Å². The first kappa shape index (κ1) is 26.6. The predicted octanol–water partition coefficient (Wildman–Crippen LogP) is 7.21. The Morgan fingerprint density at radius 2 is 1.79 bits per heavy atom. The molecule has 5 heteroatoms. The van der Waals surface area contributed by atoms with Crippen LogP contribution in [0.1, 0.15) is 63.8 Å². The van der Waals surface area contributed by atoms with Crippen LogP contribution < -0.4 is 5.14 Å². The van der Waals surface area contributed by atoms with Gasteiger partial charge in [-0.25, -0.2) is 9.37 Å². The molecule has 0 radical (unpaired) electrons. The molecule has 0 spiro atoms. The molecule has 0 fully saturated rings. The lowest BCUT2D eigenvalue weighted by atomic mass is 10.0. The number of allylic oxidation sites excluding steroid dienone is 1. The van der Waals surface area contributed by atoms with E-state index in [1.165, 1.54) is 0 Å². The van der Waals surface area contributed by atoms with E-state index < -0.39 is 9.39 Å². The number of halogens is 1. The molecule has 0 unspecified atom stereocenters. The number of aryl methyl sites for hydroxylation is 2. The maximum Gasteiger partial charge on any atom is 0.128 e. The van der Waals surface area contributed by atoms with Crippen LogP contribution >= 0.6 is 9.39 Å². The van der Waals surface area contributed by atoms with Crippen molar-refractivity contribution in [3.8, 4) is 11.1 Å². The highest BCUT2D eigenvalue weighted by molar-refractivity contribution is 8.26. The summed E-state index contributed by atoms with van der Waals surface area (Å²) in [6.07, 6.45) is 2.65. The summed E-state index contributed by atoms with van der Waals surface area (Å²) in [4.78, 5) is 5.68. The fourth-order valence-electron chi connectivity index (χ4n) is 3.93. The van der Waals surface area contributed by atoms with Crippen molar-refractivity contribution in [3.63, 3.8) is 0 Å². The maximum absolute atomic E-state index is 15.3. The monoisotopic (exact) mass is 467 g/mol. The second kappa shape index (κ2) is 11.5. The largest absolute Gasteiger partial charge is 0.323 e. The predicted molar refractivity (Wildman–Crippen MR) is 147 cm³/mol. The Bertz CT molecular complexity index is 1220. The third kappa shape index (κ3) is 6.04.